The van der Waals surface area contributed by atoms with E-state index in [0.717, 1.165) is 25.2 Å². The van der Waals surface area contributed by atoms with Crippen LogP contribution in [0.25, 0.3) is 0 Å². The fourth-order valence-electron chi connectivity index (χ4n) is 1.04. The molecule has 14 heavy (non-hydrogen) atoms. The summed E-state index contributed by atoms with van der Waals surface area (Å²) in [6.45, 7) is 3.82. The Morgan fingerprint density at radius 1 is 1.71 bits per heavy atom. The van der Waals surface area contributed by atoms with Gasteiger partial charge in [0, 0.05) is 32.0 Å². The van der Waals surface area contributed by atoms with Crippen LogP contribution in [-0.4, -0.2) is 31.3 Å². The van der Waals surface area contributed by atoms with E-state index in [-0.39, 0.29) is 6.10 Å². The van der Waals surface area contributed by atoms with Crippen molar-refractivity contribution in [2.24, 2.45) is 0 Å². The molecule has 0 aromatic carbocycles. The van der Waals surface area contributed by atoms with E-state index >= 15 is 0 Å². The standard InChI is InChI=1S/C9H17N3OS/c1-7(13-2)5-11-4-3-8-6-14-9(10)12-8/h6-7,11H,3-5H2,1-2H3,(H2,10,12). The third kappa shape index (κ3) is 4.04. The van der Waals surface area contributed by atoms with Gasteiger partial charge < -0.3 is 15.8 Å². The monoisotopic (exact) mass is 215 g/mol. The number of nitrogens with zero attached hydrogens (tertiary/aromatic N) is 1. The first-order valence-corrected chi connectivity index (χ1v) is 5.53. The molecule has 0 radical (unpaired) electrons. The lowest BCUT2D eigenvalue weighted by molar-refractivity contribution is 0.117. The van der Waals surface area contributed by atoms with E-state index in [1.54, 1.807) is 7.11 Å². The molecule has 1 atom stereocenters. The predicted octanol–water partition coefficient (Wildman–Crippen LogP) is 0.892. The molecule has 0 fully saturated rings. The summed E-state index contributed by atoms with van der Waals surface area (Å²) in [5.41, 5.74) is 6.58. The van der Waals surface area contributed by atoms with Gasteiger partial charge >= 0.3 is 0 Å². The highest BCUT2D eigenvalue weighted by Gasteiger charge is 2.00. The van der Waals surface area contributed by atoms with Gasteiger partial charge in [-0.05, 0) is 6.92 Å². The molecule has 0 saturated carbocycles. The Kier molecular flexibility index (Phi) is 4.86. The number of rotatable bonds is 6. The minimum atomic E-state index is 0.260. The van der Waals surface area contributed by atoms with Gasteiger partial charge in [0.25, 0.3) is 0 Å². The summed E-state index contributed by atoms with van der Waals surface area (Å²) in [6, 6.07) is 0. The average Bonchev–Trinajstić information content (AvgIpc) is 2.58. The largest absolute Gasteiger partial charge is 0.380 e. The molecule has 1 heterocycles. The van der Waals surface area contributed by atoms with Crippen molar-refractivity contribution in [1.29, 1.82) is 0 Å². The number of aromatic nitrogens is 1. The molecular formula is C9H17N3OS. The molecule has 0 amide bonds. The molecule has 1 aromatic rings. The number of hydrogen-bond acceptors (Lipinski definition) is 5. The number of nitrogens with one attached hydrogen (secondary N) is 1. The normalized spacial score (nSPS) is 13.0. The molecule has 0 aliphatic rings. The second-order valence-corrected chi connectivity index (χ2v) is 4.07. The lowest BCUT2D eigenvalue weighted by Gasteiger charge is -2.09. The van der Waals surface area contributed by atoms with Gasteiger partial charge in [-0.15, -0.1) is 11.3 Å². The molecule has 0 bridgehead atoms. The smallest absolute Gasteiger partial charge is 0.180 e. The molecular weight excluding hydrogens is 198 g/mol. The molecule has 1 aromatic heterocycles. The van der Waals surface area contributed by atoms with E-state index in [0.29, 0.717) is 5.13 Å². The SMILES string of the molecule is COC(C)CNCCc1csc(N)n1. The van der Waals surface area contributed by atoms with Gasteiger partial charge in [0.2, 0.25) is 0 Å². The summed E-state index contributed by atoms with van der Waals surface area (Å²) in [6.07, 6.45) is 1.18. The van der Waals surface area contributed by atoms with E-state index in [1.165, 1.54) is 11.3 Å². The van der Waals surface area contributed by atoms with E-state index in [1.807, 2.05) is 12.3 Å². The average molecular weight is 215 g/mol. The van der Waals surface area contributed by atoms with Crippen LogP contribution in [0.3, 0.4) is 0 Å². The van der Waals surface area contributed by atoms with Crippen LogP contribution < -0.4 is 11.1 Å². The van der Waals surface area contributed by atoms with Crippen molar-refractivity contribution in [3.63, 3.8) is 0 Å². The second-order valence-electron chi connectivity index (χ2n) is 3.18. The Morgan fingerprint density at radius 3 is 3.07 bits per heavy atom. The Hall–Kier alpha value is -0.650. The van der Waals surface area contributed by atoms with Crippen molar-refractivity contribution in [3.05, 3.63) is 11.1 Å². The van der Waals surface area contributed by atoms with Crippen molar-refractivity contribution in [3.8, 4) is 0 Å². The summed E-state index contributed by atoms with van der Waals surface area (Å²) in [4.78, 5) is 4.17. The fraction of sp³-hybridized carbons (Fsp3) is 0.667. The van der Waals surface area contributed by atoms with Crippen molar-refractivity contribution >= 4 is 16.5 Å². The maximum absolute atomic E-state index is 5.52. The van der Waals surface area contributed by atoms with Gasteiger partial charge in [-0.25, -0.2) is 4.98 Å². The molecule has 3 N–H and O–H groups in total. The second kappa shape index (κ2) is 5.95. The molecule has 0 aliphatic heterocycles. The van der Waals surface area contributed by atoms with E-state index in [4.69, 9.17) is 10.5 Å². The Morgan fingerprint density at radius 2 is 2.50 bits per heavy atom. The maximum Gasteiger partial charge on any atom is 0.180 e. The zero-order valence-corrected chi connectivity index (χ0v) is 9.43. The van der Waals surface area contributed by atoms with Crippen LogP contribution in [0.4, 0.5) is 5.13 Å². The Balaban J connectivity index is 2.10. The van der Waals surface area contributed by atoms with Crippen molar-refractivity contribution in [2.75, 3.05) is 25.9 Å². The van der Waals surface area contributed by atoms with Crippen LogP contribution >= 0.6 is 11.3 Å². The molecule has 0 aliphatic carbocycles. The number of ether oxygens (including phenoxy) is 1. The minimum Gasteiger partial charge on any atom is -0.380 e. The van der Waals surface area contributed by atoms with Crippen LogP contribution in [0.15, 0.2) is 5.38 Å². The van der Waals surface area contributed by atoms with Crippen molar-refractivity contribution in [1.82, 2.24) is 10.3 Å². The van der Waals surface area contributed by atoms with E-state index in [2.05, 4.69) is 10.3 Å². The van der Waals surface area contributed by atoms with E-state index in [9.17, 15) is 0 Å². The van der Waals surface area contributed by atoms with Gasteiger partial charge in [-0.1, -0.05) is 0 Å². The molecule has 1 rings (SSSR count). The minimum absolute atomic E-state index is 0.260. The summed E-state index contributed by atoms with van der Waals surface area (Å²) in [5.74, 6) is 0. The van der Waals surface area contributed by atoms with Crippen molar-refractivity contribution in [2.45, 2.75) is 19.4 Å². The zero-order chi connectivity index (χ0) is 10.4. The van der Waals surface area contributed by atoms with Gasteiger partial charge in [-0.2, -0.15) is 0 Å². The highest BCUT2D eigenvalue weighted by molar-refractivity contribution is 7.13. The summed E-state index contributed by atoms with van der Waals surface area (Å²) in [5, 5.41) is 5.93. The molecule has 4 nitrogen and oxygen atoms in total. The predicted molar refractivity (Wildman–Crippen MR) is 59.6 cm³/mol. The number of methoxy groups -OCH3 is 1. The third-order valence-corrected chi connectivity index (χ3v) is 2.68. The summed E-state index contributed by atoms with van der Waals surface area (Å²) < 4.78 is 5.11. The fourth-order valence-corrected chi connectivity index (χ4v) is 1.64. The quantitative estimate of drug-likeness (QED) is 0.692. The number of nitrogen functional groups attached to an aromatic ring is 1. The lowest BCUT2D eigenvalue weighted by atomic mass is 10.3. The Bertz CT molecular complexity index is 264. The third-order valence-electron chi connectivity index (χ3n) is 1.96. The molecule has 5 heteroatoms. The maximum atomic E-state index is 5.52. The van der Waals surface area contributed by atoms with Gasteiger partial charge in [-0.3, -0.25) is 0 Å². The summed E-state index contributed by atoms with van der Waals surface area (Å²) in [7, 11) is 1.72. The van der Waals surface area contributed by atoms with Crippen LogP contribution in [0.2, 0.25) is 0 Å². The van der Waals surface area contributed by atoms with Crippen LogP contribution in [-0.2, 0) is 11.2 Å². The lowest BCUT2D eigenvalue weighted by Crippen LogP contribution is -2.27. The van der Waals surface area contributed by atoms with Crippen LogP contribution in [0.1, 0.15) is 12.6 Å². The number of anilines is 1. The highest BCUT2D eigenvalue weighted by atomic mass is 32.1. The van der Waals surface area contributed by atoms with Crippen LogP contribution in [0, 0.1) is 0 Å². The van der Waals surface area contributed by atoms with Gasteiger partial charge in [0.1, 0.15) is 0 Å². The van der Waals surface area contributed by atoms with Gasteiger partial charge in [0.15, 0.2) is 5.13 Å². The van der Waals surface area contributed by atoms with Gasteiger partial charge in [0.05, 0.1) is 11.8 Å². The molecule has 80 valence electrons. The molecule has 1 unspecified atom stereocenters. The first-order valence-electron chi connectivity index (χ1n) is 4.65. The number of thiazole rings is 1. The highest BCUT2D eigenvalue weighted by Crippen LogP contribution is 2.10. The van der Waals surface area contributed by atoms with E-state index < -0.39 is 0 Å². The topological polar surface area (TPSA) is 60.2 Å². The Labute approximate surface area is 88.5 Å². The van der Waals surface area contributed by atoms with Crippen LogP contribution in [0.5, 0.6) is 0 Å². The molecule has 0 saturated heterocycles. The summed E-state index contributed by atoms with van der Waals surface area (Å²) >= 11 is 1.49. The first-order chi connectivity index (χ1) is 6.72. The van der Waals surface area contributed by atoms with Crippen molar-refractivity contribution < 1.29 is 4.74 Å². The zero-order valence-electron chi connectivity index (χ0n) is 8.62. The molecule has 0 spiro atoms. The first kappa shape index (κ1) is 11.4. The number of nitrogens with two attached hydrogens (primary N) is 1. The number of hydrogen-bond donors (Lipinski definition) is 2.